The lowest BCUT2D eigenvalue weighted by Crippen LogP contribution is -2.23. The Kier molecular flexibility index (Phi) is 4.56. The fourth-order valence-electron chi connectivity index (χ4n) is 1.30. The minimum atomic E-state index is -0.886. The highest BCUT2D eigenvalue weighted by Gasteiger charge is 2.20. The van der Waals surface area contributed by atoms with Crippen LogP contribution in [0.1, 0.15) is 33.3 Å². The van der Waals surface area contributed by atoms with Gasteiger partial charge in [-0.3, -0.25) is 0 Å². The molecule has 1 N–H and O–H groups in total. The number of ether oxygens (including phenoxy) is 1. The SMILES string of the molecule is CC(C)(C=O)COc1ccc(C(C)(C)O)cc1Br. The summed E-state index contributed by atoms with van der Waals surface area (Å²) in [4.78, 5) is 10.8. The Morgan fingerprint density at radius 3 is 2.39 bits per heavy atom. The van der Waals surface area contributed by atoms with Crippen molar-refractivity contribution in [2.45, 2.75) is 33.3 Å². The van der Waals surface area contributed by atoms with Gasteiger partial charge in [0.1, 0.15) is 12.0 Å². The molecule has 1 rings (SSSR count). The van der Waals surface area contributed by atoms with Crippen LogP contribution in [-0.4, -0.2) is 18.0 Å². The van der Waals surface area contributed by atoms with Crippen LogP contribution in [0.25, 0.3) is 0 Å². The second-order valence-corrected chi connectivity index (χ2v) is 6.45. The lowest BCUT2D eigenvalue weighted by molar-refractivity contribution is -0.116. The molecule has 100 valence electrons. The van der Waals surface area contributed by atoms with Crippen LogP contribution in [0.15, 0.2) is 22.7 Å². The summed E-state index contributed by atoms with van der Waals surface area (Å²) in [6.45, 7) is 7.41. The quantitative estimate of drug-likeness (QED) is 0.848. The first kappa shape index (κ1) is 15.2. The number of halogens is 1. The van der Waals surface area contributed by atoms with Crippen LogP contribution in [0, 0.1) is 5.41 Å². The van der Waals surface area contributed by atoms with Crippen LogP contribution in [0.3, 0.4) is 0 Å². The number of benzene rings is 1. The molecule has 1 aromatic carbocycles. The molecule has 0 fully saturated rings. The van der Waals surface area contributed by atoms with E-state index in [0.29, 0.717) is 12.4 Å². The van der Waals surface area contributed by atoms with Crippen LogP contribution in [0.4, 0.5) is 0 Å². The smallest absolute Gasteiger partial charge is 0.133 e. The minimum absolute atomic E-state index is 0.316. The summed E-state index contributed by atoms with van der Waals surface area (Å²) < 4.78 is 6.37. The summed E-state index contributed by atoms with van der Waals surface area (Å²) in [7, 11) is 0. The van der Waals surface area contributed by atoms with Crippen LogP contribution in [-0.2, 0) is 10.4 Å². The first-order valence-electron chi connectivity index (χ1n) is 5.77. The van der Waals surface area contributed by atoms with E-state index in [1.807, 2.05) is 26.0 Å². The molecular formula is C14H19BrO3. The molecule has 4 heteroatoms. The zero-order chi connectivity index (χ0) is 14.0. The zero-order valence-corrected chi connectivity index (χ0v) is 12.7. The summed E-state index contributed by atoms with van der Waals surface area (Å²) in [5, 5.41) is 9.89. The fourth-order valence-corrected chi connectivity index (χ4v) is 1.79. The zero-order valence-electron chi connectivity index (χ0n) is 11.2. The van der Waals surface area contributed by atoms with Gasteiger partial charge in [0.15, 0.2) is 0 Å². The number of aldehydes is 1. The predicted molar refractivity (Wildman–Crippen MR) is 74.7 cm³/mol. The Morgan fingerprint density at radius 2 is 1.94 bits per heavy atom. The molecule has 3 nitrogen and oxygen atoms in total. The third-order valence-electron chi connectivity index (χ3n) is 2.56. The van der Waals surface area contributed by atoms with Gasteiger partial charge in [-0.05, 0) is 61.3 Å². The highest BCUT2D eigenvalue weighted by molar-refractivity contribution is 9.10. The third-order valence-corrected chi connectivity index (χ3v) is 3.18. The largest absolute Gasteiger partial charge is 0.491 e. The summed E-state index contributed by atoms with van der Waals surface area (Å²) >= 11 is 3.40. The van der Waals surface area contributed by atoms with E-state index in [2.05, 4.69) is 15.9 Å². The summed E-state index contributed by atoms with van der Waals surface area (Å²) in [5.74, 6) is 0.665. The predicted octanol–water partition coefficient (Wildman–Crippen LogP) is 3.28. The molecule has 0 saturated heterocycles. The van der Waals surface area contributed by atoms with Crippen molar-refractivity contribution in [2.24, 2.45) is 5.41 Å². The van der Waals surface area contributed by atoms with Crippen molar-refractivity contribution < 1.29 is 14.6 Å². The van der Waals surface area contributed by atoms with Crippen molar-refractivity contribution in [3.05, 3.63) is 28.2 Å². The maximum Gasteiger partial charge on any atom is 0.133 e. The summed E-state index contributed by atoms with van der Waals surface area (Å²) in [6.07, 6.45) is 0.881. The Morgan fingerprint density at radius 1 is 1.33 bits per heavy atom. The molecule has 1 aromatic rings. The van der Waals surface area contributed by atoms with Gasteiger partial charge in [0.25, 0.3) is 0 Å². The van der Waals surface area contributed by atoms with Gasteiger partial charge in [-0.15, -0.1) is 0 Å². The first-order chi connectivity index (χ1) is 8.15. The molecular weight excluding hydrogens is 296 g/mol. The van der Waals surface area contributed by atoms with Gasteiger partial charge >= 0.3 is 0 Å². The molecule has 0 heterocycles. The van der Waals surface area contributed by atoms with Crippen LogP contribution < -0.4 is 4.74 Å². The lowest BCUT2D eigenvalue weighted by Gasteiger charge is -2.21. The summed E-state index contributed by atoms with van der Waals surface area (Å²) in [6, 6.07) is 5.43. The number of hydrogen-bond acceptors (Lipinski definition) is 3. The van der Waals surface area contributed by atoms with Crippen molar-refractivity contribution >= 4 is 22.2 Å². The number of carbonyl (C=O) groups excluding carboxylic acids is 1. The molecule has 18 heavy (non-hydrogen) atoms. The summed E-state index contributed by atoms with van der Waals surface area (Å²) in [5.41, 5.74) is -0.589. The molecule has 0 aliphatic heterocycles. The van der Waals surface area contributed by atoms with E-state index >= 15 is 0 Å². The number of rotatable bonds is 5. The van der Waals surface area contributed by atoms with Gasteiger partial charge in [-0.2, -0.15) is 0 Å². The molecule has 0 aliphatic carbocycles. The monoisotopic (exact) mass is 314 g/mol. The molecule has 0 radical (unpaired) electrons. The van der Waals surface area contributed by atoms with Crippen molar-refractivity contribution in [2.75, 3.05) is 6.61 Å². The highest BCUT2D eigenvalue weighted by Crippen LogP contribution is 2.31. The Hall–Kier alpha value is -0.870. The normalized spacial score (nSPS) is 12.3. The van der Waals surface area contributed by atoms with Crippen LogP contribution in [0.2, 0.25) is 0 Å². The Labute approximate surface area is 116 Å². The van der Waals surface area contributed by atoms with E-state index < -0.39 is 11.0 Å². The van der Waals surface area contributed by atoms with Gasteiger partial charge in [0, 0.05) is 0 Å². The molecule has 0 aliphatic rings. The van der Waals surface area contributed by atoms with Gasteiger partial charge in [0.05, 0.1) is 22.1 Å². The van der Waals surface area contributed by atoms with E-state index in [0.717, 1.165) is 16.3 Å². The van der Waals surface area contributed by atoms with Gasteiger partial charge in [0.2, 0.25) is 0 Å². The molecule has 0 unspecified atom stereocenters. The number of carbonyl (C=O) groups is 1. The minimum Gasteiger partial charge on any atom is -0.491 e. The third kappa shape index (κ3) is 4.10. The second-order valence-electron chi connectivity index (χ2n) is 5.60. The van der Waals surface area contributed by atoms with E-state index in [1.54, 1.807) is 19.9 Å². The molecule has 0 amide bonds. The van der Waals surface area contributed by atoms with Crippen molar-refractivity contribution in [3.63, 3.8) is 0 Å². The van der Waals surface area contributed by atoms with Crippen LogP contribution >= 0.6 is 15.9 Å². The van der Waals surface area contributed by atoms with Crippen LogP contribution in [0.5, 0.6) is 5.75 Å². The number of aliphatic hydroxyl groups is 1. The number of hydrogen-bond donors (Lipinski definition) is 1. The Bertz CT molecular complexity index is 433. The van der Waals surface area contributed by atoms with E-state index in [4.69, 9.17) is 4.74 Å². The molecule has 0 saturated carbocycles. The average molecular weight is 315 g/mol. The first-order valence-corrected chi connectivity index (χ1v) is 6.56. The van der Waals surface area contributed by atoms with Crippen molar-refractivity contribution in [1.82, 2.24) is 0 Å². The van der Waals surface area contributed by atoms with Crippen molar-refractivity contribution in [1.29, 1.82) is 0 Å². The fraction of sp³-hybridized carbons (Fsp3) is 0.500. The average Bonchev–Trinajstić information content (AvgIpc) is 2.26. The maximum absolute atomic E-state index is 10.8. The molecule has 0 bridgehead atoms. The van der Waals surface area contributed by atoms with Gasteiger partial charge < -0.3 is 14.6 Å². The maximum atomic E-state index is 10.8. The van der Waals surface area contributed by atoms with Gasteiger partial charge in [-0.1, -0.05) is 6.07 Å². The molecule has 0 aromatic heterocycles. The topological polar surface area (TPSA) is 46.5 Å². The Balaban J connectivity index is 2.84. The highest BCUT2D eigenvalue weighted by atomic mass is 79.9. The van der Waals surface area contributed by atoms with E-state index in [9.17, 15) is 9.90 Å². The standard InChI is InChI=1S/C14H19BrO3/c1-13(2,8-16)9-18-12-6-5-10(7-11(12)15)14(3,4)17/h5-8,17H,9H2,1-4H3. The molecule has 0 spiro atoms. The lowest BCUT2D eigenvalue weighted by atomic mass is 9.97. The van der Waals surface area contributed by atoms with Gasteiger partial charge in [-0.25, -0.2) is 0 Å². The second kappa shape index (κ2) is 5.41. The molecule has 0 atom stereocenters. The van der Waals surface area contributed by atoms with E-state index in [-0.39, 0.29) is 0 Å². The van der Waals surface area contributed by atoms with Crippen molar-refractivity contribution in [3.8, 4) is 5.75 Å². The van der Waals surface area contributed by atoms with E-state index in [1.165, 1.54) is 0 Å².